The number of aliphatic hydroxyl groups is 1. The highest BCUT2D eigenvalue weighted by molar-refractivity contribution is 5.98. The molecule has 1 aliphatic rings. The van der Waals surface area contributed by atoms with Crippen LogP contribution in [-0.2, 0) is 0 Å². The second kappa shape index (κ2) is 10.8. The van der Waals surface area contributed by atoms with Crippen LogP contribution < -0.4 is 4.74 Å². The fourth-order valence-corrected chi connectivity index (χ4v) is 4.18. The van der Waals surface area contributed by atoms with Crippen molar-refractivity contribution in [2.45, 2.75) is 26.0 Å². The maximum atomic E-state index is 13.6. The molecule has 2 amide bonds. The third kappa shape index (κ3) is 5.36. The minimum Gasteiger partial charge on any atom is -0.472 e. The lowest BCUT2D eigenvalue weighted by atomic mass is 9.99. The molecule has 3 aromatic rings. The van der Waals surface area contributed by atoms with E-state index in [0.717, 1.165) is 0 Å². The van der Waals surface area contributed by atoms with E-state index in [4.69, 9.17) is 4.74 Å². The third-order valence-electron chi connectivity index (χ3n) is 6.41. The Morgan fingerprint density at radius 1 is 1.25 bits per heavy atom. The van der Waals surface area contributed by atoms with Gasteiger partial charge in [0.05, 0.1) is 24.8 Å². The second-order valence-corrected chi connectivity index (χ2v) is 9.13. The van der Waals surface area contributed by atoms with Gasteiger partial charge in [-0.3, -0.25) is 14.6 Å². The average molecular weight is 493 g/mol. The first-order chi connectivity index (χ1) is 17.3. The van der Waals surface area contributed by atoms with Gasteiger partial charge in [0.2, 0.25) is 5.88 Å². The molecule has 0 bridgehead atoms. The van der Waals surface area contributed by atoms with Crippen molar-refractivity contribution in [1.82, 2.24) is 19.8 Å². The van der Waals surface area contributed by atoms with Crippen molar-refractivity contribution in [3.8, 4) is 17.0 Å². The molecule has 2 aromatic heterocycles. The zero-order valence-corrected chi connectivity index (χ0v) is 20.5. The number of carbonyl (C=O) groups excluding carboxylic acids is 2. The van der Waals surface area contributed by atoms with Gasteiger partial charge in [0.1, 0.15) is 17.5 Å². The Morgan fingerprint density at radius 2 is 2.00 bits per heavy atom. The van der Waals surface area contributed by atoms with Crippen LogP contribution in [0.25, 0.3) is 11.1 Å². The zero-order chi connectivity index (χ0) is 25.8. The Kier molecular flexibility index (Phi) is 7.59. The molecule has 1 aromatic carbocycles. The summed E-state index contributed by atoms with van der Waals surface area (Å²) >= 11 is 0. The standard InChI is InChI=1S/C27H29FN4O4/c1-17-14-32(18(2)16-33)27(35)23-11-21(19-6-8-22(28)9-7-19)13-30-25(23)36-24(17)15-31(3)26(34)20-5-4-10-29-12-20/h4-13,17-18,24,33H,14-16H2,1-3H3/t17-,18-,24-/m0/s1. The number of aromatic nitrogens is 2. The number of ether oxygens (including phenoxy) is 1. The fraction of sp³-hybridized carbons (Fsp3) is 0.333. The number of carbonyl (C=O) groups is 2. The molecular weight excluding hydrogens is 463 g/mol. The summed E-state index contributed by atoms with van der Waals surface area (Å²) in [7, 11) is 1.69. The fourth-order valence-electron chi connectivity index (χ4n) is 4.18. The third-order valence-corrected chi connectivity index (χ3v) is 6.41. The first-order valence-corrected chi connectivity index (χ1v) is 11.8. The molecule has 0 aliphatic carbocycles. The number of pyridine rings is 2. The van der Waals surface area contributed by atoms with Gasteiger partial charge in [-0.2, -0.15) is 0 Å². The Hall–Kier alpha value is -3.85. The van der Waals surface area contributed by atoms with Crippen molar-refractivity contribution in [2.24, 2.45) is 5.92 Å². The molecule has 0 fully saturated rings. The first-order valence-electron chi connectivity index (χ1n) is 11.8. The largest absolute Gasteiger partial charge is 0.472 e. The molecule has 1 N–H and O–H groups in total. The molecule has 0 radical (unpaired) electrons. The maximum Gasteiger partial charge on any atom is 0.259 e. The molecule has 8 nitrogen and oxygen atoms in total. The second-order valence-electron chi connectivity index (χ2n) is 9.13. The first kappa shape index (κ1) is 25.2. The predicted molar refractivity (Wildman–Crippen MR) is 132 cm³/mol. The molecule has 0 saturated heterocycles. The van der Waals surface area contributed by atoms with Crippen molar-refractivity contribution in [3.05, 3.63) is 78.0 Å². The quantitative estimate of drug-likeness (QED) is 0.568. The minimum atomic E-state index is -0.472. The summed E-state index contributed by atoms with van der Waals surface area (Å²) in [4.78, 5) is 38.1. The Labute approximate surface area is 209 Å². The molecule has 3 atom stereocenters. The molecule has 1 aliphatic heterocycles. The van der Waals surface area contributed by atoms with Crippen LogP contribution in [0.2, 0.25) is 0 Å². The Morgan fingerprint density at radius 3 is 2.67 bits per heavy atom. The summed E-state index contributed by atoms with van der Waals surface area (Å²) in [5.41, 5.74) is 2.05. The molecule has 4 rings (SSSR count). The van der Waals surface area contributed by atoms with E-state index in [0.29, 0.717) is 23.2 Å². The van der Waals surface area contributed by atoms with Gasteiger partial charge in [-0.05, 0) is 42.8 Å². The van der Waals surface area contributed by atoms with Gasteiger partial charge in [-0.1, -0.05) is 19.1 Å². The van der Waals surface area contributed by atoms with E-state index in [9.17, 15) is 19.1 Å². The van der Waals surface area contributed by atoms with Crippen LogP contribution in [-0.4, -0.2) is 75.6 Å². The van der Waals surface area contributed by atoms with E-state index in [1.165, 1.54) is 18.3 Å². The lowest BCUT2D eigenvalue weighted by Gasteiger charge is -2.37. The smallest absolute Gasteiger partial charge is 0.259 e. The number of hydrogen-bond donors (Lipinski definition) is 1. The van der Waals surface area contributed by atoms with Crippen LogP contribution in [0.15, 0.2) is 61.1 Å². The number of nitrogens with zero attached hydrogens (tertiary/aromatic N) is 4. The molecule has 188 valence electrons. The number of hydrogen-bond acceptors (Lipinski definition) is 6. The topological polar surface area (TPSA) is 95.9 Å². The van der Waals surface area contributed by atoms with Crippen LogP contribution in [0.3, 0.4) is 0 Å². The molecule has 3 heterocycles. The summed E-state index contributed by atoms with van der Waals surface area (Å²) in [6.07, 6.45) is 4.22. The Bertz CT molecular complexity index is 1220. The van der Waals surface area contributed by atoms with Gasteiger partial charge in [0, 0.05) is 43.7 Å². The number of halogens is 1. The summed E-state index contributed by atoms with van der Waals surface area (Å²) in [5, 5.41) is 9.83. The van der Waals surface area contributed by atoms with E-state index in [1.807, 2.05) is 6.92 Å². The van der Waals surface area contributed by atoms with Gasteiger partial charge in [-0.25, -0.2) is 9.37 Å². The predicted octanol–water partition coefficient (Wildman–Crippen LogP) is 3.28. The summed E-state index contributed by atoms with van der Waals surface area (Å²) < 4.78 is 19.7. The average Bonchev–Trinajstić information content (AvgIpc) is 2.90. The van der Waals surface area contributed by atoms with Gasteiger partial charge in [0.15, 0.2) is 0 Å². The van der Waals surface area contributed by atoms with Crippen molar-refractivity contribution >= 4 is 11.8 Å². The summed E-state index contributed by atoms with van der Waals surface area (Å²) in [6.45, 7) is 4.09. The van der Waals surface area contributed by atoms with Gasteiger partial charge < -0.3 is 19.6 Å². The normalized spacial score (nSPS) is 18.5. The van der Waals surface area contributed by atoms with Gasteiger partial charge in [-0.15, -0.1) is 0 Å². The molecule has 9 heteroatoms. The molecular formula is C27H29FN4O4. The van der Waals surface area contributed by atoms with E-state index < -0.39 is 12.1 Å². The van der Waals surface area contributed by atoms with Gasteiger partial charge in [0.25, 0.3) is 11.8 Å². The monoisotopic (exact) mass is 492 g/mol. The number of aliphatic hydroxyl groups excluding tert-OH is 1. The van der Waals surface area contributed by atoms with Gasteiger partial charge >= 0.3 is 0 Å². The number of amides is 2. The van der Waals surface area contributed by atoms with Crippen LogP contribution in [0.5, 0.6) is 5.88 Å². The number of likely N-dealkylation sites (N-methyl/N-ethyl adjacent to an activating group) is 1. The van der Waals surface area contributed by atoms with Crippen LogP contribution in [0.4, 0.5) is 4.39 Å². The Balaban J connectivity index is 1.68. The molecule has 36 heavy (non-hydrogen) atoms. The zero-order valence-electron chi connectivity index (χ0n) is 20.5. The van der Waals surface area contributed by atoms with E-state index in [1.54, 1.807) is 66.5 Å². The highest BCUT2D eigenvalue weighted by Gasteiger charge is 2.35. The van der Waals surface area contributed by atoms with Crippen molar-refractivity contribution in [1.29, 1.82) is 0 Å². The highest BCUT2D eigenvalue weighted by Crippen LogP contribution is 2.30. The van der Waals surface area contributed by atoms with Crippen LogP contribution in [0, 0.1) is 11.7 Å². The number of rotatable bonds is 6. The number of fused-ring (bicyclic) bond motifs is 1. The highest BCUT2D eigenvalue weighted by atomic mass is 19.1. The molecule has 0 unspecified atom stereocenters. The van der Waals surface area contributed by atoms with Crippen molar-refractivity contribution in [3.63, 3.8) is 0 Å². The van der Waals surface area contributed by atoms with E-state index >= 15 is 0 Å². The van der Waals surface area contributed by atoms with Crippen molar-refractivity contribution < 1.29 is 23.8 Å². The minimum absolute atomic E-state index is 0.153. The lowest BCUT2D eigenvalue weighted by molar-refractivity contribution is 0.0313. The summed E-state index contributed by atoms with van der Waals surface area (Å²) in [5.74, 6) is -0.883. The molecule has 0 spiro atoms. The SMILES string of the molecule is C[C@H]1CN([C@@H](C)CO)C(=O)c2cc(-c3ccc(F)cc3)cnc2O[C@H]1CN(C)C(=O)c1cccnc1. The van der Waals surface area contributed by atoms with E-state index in [2.05, 4.69) is 9.97 Å². The summed E-state index contributed by atoms with van der Waals surface area (Å²) in [6, 6.07) is 10.6. The van der Waals surface area contributed by atoms with E-state index in [-0.39, 0.29) is 48.1 Å². The maximum absolute atomic E-state index is 13.6. The lowest BCUT2D eigenvalue weighted by Crippen LogP contribution is -2.50. The van der Waals surface area contributed by atoms with Crippen LogP contribution >= 0.6 is 0 Å². The van der Waals surface area contributed by atoms with Crippen molar-refractivity contribution in [2.75, 3.05) is 26.7 Å². The van der Waals surface area contributed by atoms with Crippen LogP contribution in [0.1, 0.15) is 34.6 Å². The number of benzene rings is 1. The molecule has 0 saturated carbocycles.